The van der Waals surface area contributed by atoms with Crippen molar-refractivity contribution in [1.29, 1.82) is 0 Å². The Hall–Kier alpha value is -2.41. The van der Waals surface area contributed by atoms with E-state index in [9.17, 15) is 9.18 Å². The van der Waals surface area contributed by atoms with Gasteiger partial charge < -0.3 is 14.2 Å². The molecule has 1 saturated heterocycles. The molecule has 0 bridgehead atoms. The molecular weight excluding hydrogens is 349 g/mol. The van der Waals surface area contributed by atoms with Gasteiger partial charge in [0, 0.05) is 50.3 Å². The van der Waals surface area contributed by atoms with Gasteiger partial charge in [-0.05, 0) is 38.5 Å². The zero-order chi connectivity index (χ0) is 19.4. The van der Waals surface area contributed by atoms with Gasteiger partial charge in [-0.15, -0.1) is 0 Å². The van der Waals surface area contributed by atoms with Gasteiger partial charge in [0.1, 0.15) is 17.3 Å². The molecule has 1 amide bonds. The van der Waals surface area contributed by atoms with Crippen LogP contribution in [0.3, 0.4) is 0 Å². The number of aromatic nitrogens is 1. The third-order valence-electron chi connectivity index (χ3n) is 5.13. The number of rotatable bonds is 6. The van der Waals surface area contributed by atoms with Crippen LogP contribution >= 0.6 is 0 Å². The van der Waals surface area contributed by atoms with Crippen LogP contribution in [0.5, 0.6) is 5.75 Å². The second kappa shape index (κ2) is 8.52. The second-order valence-electron chi connectivity index (χ2n) is 6.92. The van der Waals surface area contributed by atoms with Gasteiger partial charge in [0.25, 0.3) is 0 Å². The van der Waals surface area contributed by atoms with Crippen molar-refractivity contribution in [2.45, 2.75) is 33.2 Å². The molecule has 0 unspecified atom stereocenters. The lowest BCUT2D eigenvalue weighted by molar-refractivity contribution is -0.133. The summed E-state index contributed by atoms with van der Waals surface area (Å²) >= 11 is 0. The maximum atomic E-state index is 13.5. The van der Waals surface area contributed by atoms with E-state index in [1.54, 1.807) is 13.2 Å². The molecule has 2 heterocycles. The molecule has 3 rings (SSSR count). The average Bonchev–Trinajstić information content (AvgIpc) is 2.98. The fourth-order valence-electron chi connectivity index (χ4n) is 3.52. The first-order valence-corrected chi connectivity index (χ1v) is 9.22. The van der Waals surface area contributed by atoms with Crippen molar-refractivity contribution in [2.24, 2.45) is 0 Å². The van der Waals surface area contributed by atoms with E-state index in [4.69, 9.17) is 9.26 Å². The summed E-state index contributed by atoms with van der Waals surface area (Å²) in [5, 5.41) is 3.93. The van der Waals surface area contributed by atoms with Gasteiger partial charge in [0.05, 0.1) is 12.8 Å². The number of hydrogen-bond donors (Lipinski definition) is 0. The van der Waals surface area contributed by atoms with E-state index < -0.39 is 0 Å². The fraction of sp³-hybridized carbons (Fsp3) is 0.500. The van der Waals surface area contributed by atoms with E-state index in [0.717, 1.165) is 35.7 Å². The molecule has 1 aliphatic heterocycles. The smallest absolute Gasteiger partial charge is 0.222 e. The predicted octanol–water partition coefficient (Wildman–Crippen LogP) is 2.72. The molecule has 7 heteroatoms. The van der Waals surface area contributed by atoms with Crippen molar-refractivity contribution in [3.63, 3.8) is 0 Å². The highest BCUT2D eigenvalue weighted by molar-refractivity contribution is 5.76. The first kappa shape index (κ1) is 19.4. The SMILES string of the molecule is COc1ccc(F)cc1CN1CCN(C(=O)CCc2c(C)noc2C)CC1. The largest absolute Gasteiger partial charge is 0.496 e. The third-order valence-corrected chi connectivity index (χ3v) is 5.13. The Labute approximate surface area is 158 Å². The van der Waals surface area contributed by atoms with Crippen LogP contribution in [0.1, 0.15) is 29.0 Å². The number of methoxy groups -OCH3 is 1. The number of aryl methyl sites for hydroxylation is 2. The topological polar surface area (TPSA) is 58.8 Å². The first-order chi connectivity index (χ1) is 13.0. The standard InChI is InChI=1S/C20H26FN3O3/c1-14-18(15(2)27-22-14)5-7-20(25)24-10-8-23(9-11-24)13-16-12-17(21)4-6-19(16)26-3/h4,6,12H,5,7-11,13H2,1-3H3. The summed E-state index contributed by atoms with van der Waals surface area (Å²) in [5.41, 5.74) is 2.71. The number of nitrogens with zero attached hydrogens (tertiary/aromatic N) is 3. The van der Waals surface area contributed by atoms with Crippen molar-refractivity contribution in [1.82, 2.24) is 15.0 Å². The average molecular weight is 375 g/mol. The molecule has 2 aromatic rings. The van der Waals surface area contributed by atoms with Gasteiger partial charge in [-0.3, -0.25) is 9.69 Å². The molecule has 27 heavy (non-hydrogen) atoms. The van der Waals surface area contributed by atoms with Crippen LogP contribution in [0.25, 0.3) is 0 Å². The molecule has 1 fully saturated rings. The summed E-state index contributed by atoms with van der Waals surface area (Å²) in [7, 11) is 1.59. The lowest BCUT2D eigenvalue weighted by atomic mass is 10.1. The predicted molar refractivity (Wildman–Crippen MR) is 99.1 cm³/mol. The molecule has 1 aromatic carbocycles. The first-order valence-electron chi connectivity index (χ1n) is 9.22. The Morgan fingerprint density at radius 2 is 2.00 bits per heavy atom. The number of ether oxygens (including phenoxy) is 1. The van der Waals surface area contributed by atoms with Crippen LogP contribution in [0.15, 0.2) is 22.7 Å². The molecule has 0 saturated carbocycles. The van der Waals surface area contributed by atoms with Gasteiger partial charge in [0.2, 0.25) is 5.91 Å². The molecule has 1 aromatic heterocycles. The maximum Gasteiger partial charge on any atom is 0.222 e. The molecule has 0 atom stereocenters. The molecule has 0 N–H and O–H groups in total. The Morgan fingerprint density at radius 3 is 2.63 bits per heavy atom. The van der Waals surface area contributed by atoms with Crippen molar-refractivity contribution in [3.05, 3.63) is 46.6 Å². The number of carbonyl (C=O) groups excluding carboxylic acids is 1. The summed E-state index contributed by atoms with van der Waals surface area (Å²) in [5.74, 6) is 1.36. The minimum Gasteiger partial charge on any atom is -0.496 e. The van der Waals surface area contributed by atoms with Crippen LogP contribution in [-0.2, 0) is 17.8 Å². The summed E-state index contributed by atoms with van der Waals surface area (Å²) in [4.78, 5) is 16.6. The quantitative estimate of drug-likeness (QED) is 0.777. The Balaban J connectivity index is 1.50. The van der Waals surface area contributed by atoms with E-state index >= 15 is 0 Å². The summed E-state index contributed by atoms with van der Waals surface area (Å²) in [6.07, 6.45) is 1.11. The van der Waals surface area contributed by atoms with E-state index in [1.165, 1.54) is 12.1 Å². The molecule has 0 aliphatic carbocycles. The van der Waals surface area contributed by atoms with Crippen molar-refractivity contribution < 1.29 is 18.4 Å². The number of carbonyl (C=O) groups is 1. The molecule has 0 radical (unpaired) electrons. The number of hydrogen-bond acceptors (Lipinski definition) is 5. The normalized spacial score (nSPS) is 15.2. The molecule has 1 aliphatic rings. The highest BCUT2D eigenvalue weighted by atomic mass is 19.1. The van der Waals surface area contributed by atoms with Crippen LogP contribution < -0.4 is 4.74 Å². The van der Waals surface area contributed by atoms with Crippen LogP contribution in [0.4, 0.5) is 4.39 Å². The summed E-state index contributed by atoms with van der Waals surface area (Å²) in [6.45, 7) is 7.26. The number of benzene rings is 1. The second-order valence-corrected chi connectivity index (χ2v) is 6.92. The number of piperazine rings is 1. The maximum absolute atomic E-state index is 13.5. The van der Waals surface area contributed by atoms with Crippen LogP contribution in [0, 0.1) is 19.7 Å². The highest BCUT2D eigenvalue weighted by Crippen LogP contribution is 2.22. The zero-order valence-electron chi connectivity index (χ0n) is 16.1. The van der Waals surface area contributed by atoms with E-state index in [2.05, 4.69) is 10.1 Å². The molecule has 0 spiro atoms. The number of halogens is 1. The van der Waals surface area contributed by atoms with Crippen molar-refractivity contribution in [3.8, 4) is 5.75 Å². The van der Waals surface area contributed by atoms with Crippen LogP contribution in [0.2, 0.25) is 0 Å². The van der Waals surface area contributed by atoms with Crippen LogP contribution in [-0.4, -0.2) is 54.2 Å². The van der Waals surface area contributed by atoms with E-state index in [0.29, 0.717) is 38.2 Å². The Morgan fingerprint density at radius 1 is 1.26 bits per heavy atom. The van der Waals surface area contributed by atoms with Gasteiger partial charge in [-0.25, -0.2) is 4.39 Å². The Kier molecular flexibility index (Phi) is 6.11. The lowest BCUT2D eigenvalue weighted by Crippen LogP contribution is -2.48. The minimum atomic E-state index is -0.265. The monoisotopic (exact) mass is 375 g/mol. The van der Waals surface area contributed by atoms with E-state index in [-0.39, 0.29) is 11.7 Å². The van der Waals surface area contributed by atoms with Gasteiger partial charge >= 0.3 is 0 Å². The summed E-state index contributed by atoms with van der Waals surface area (Å²) in [6, 6.07) is 4.57. The lowest BCUT2D eigenvalue weighted by Gasteiger charge is -2.35. The van der Waals surface area contributed by atoms with Gasteiger partial charge in [-0.1, -0.05) is 5.16 Å². The molecule has 146 valence electrons. The summed E-state index contributed by atoms with van der Waals surface area (Å²) < 4.78 is 24.0. The van der Waals surface area contributed by atoms with Gasteiger partial charge in [0.15, 0.2) is 0 Å². The third kappa shape index (κ3) is 4.66. The minimum absolute atomic E-state index is 0.151. The fourth-order valence-corrected chi connectivity index (χ4v) is 3.52. The van der Waals surface area contributed by atoms with Gasteiger partial charge in [-0.2, -0.15) is 0 Å². The van der Waals surface area contributed by atoms with E-state index in [1.807, 2.05) is 18.7 Å². The van der Waals surface area contributed by atoms with Crippen molar-refractivity contribution in [2.75, 3.05) is 33.3 Å². The molecule has 6 nitrogen and oxygen atoms in total. The number of amides is 1. The van der Waals surface area contributed by atoms with Crippen molar-refractivity contribution >= 4 is 5.91 Å². The molecular formula is C20H26FN3O3. The zero-order valence-corrected chi connectivity index (χ0v) is 16.1. The Bertz CT molecular complexity index is 778. The highest BCUT2D eigenvalue weighted by Gasteiger charge is 2.22.